The molecule has 0 fully saturated rings. The molecule has 0 amide bonds. The van der Waals surface area contributed by atoms with Gasteiger partial charge in [0, 0.05) is 12.3 Å². The fourth-order valence-corrected chi connectivity index (χ4v) is 1.01. The van der Waals surface area contributed by atoms with Gasteiger partial charge in [-0.25, -0.2) is 0 Å². The SMILES string of the molecule is CCCN(C)CCS. The molecule has 0 bridgehead atoms. The van der Waals surface area contributed by atoms with E-state index in [1.165, 1.54) is 13.0 Å². The van der Waals surface area contributed by atoms with Gasteiger partial charge in [0.15, 0.2) is 0 Å². The molecular weight excluding hydrogens is 118 g/mol. The Morgan fingerprint density at radius 2 is 2.00 bits per heavy atom. The molecule has 0 aromatic rings. The monoisotopic (exact) mass is 133 g/mol. The van der Waals surface area contributed by atoms with E-state index in [0.717, 1.165) is 12.3 Å². The first-order chi connectivity index (χ1) is 3.81. The van der Waals surface area contributed by atoms with Gasteiger partial charge in [0.25, 0.3) is 0 Å². The molecule has 1 nitrogen and oxygen atoms in total. The Morgan fingerprint density at radius 1 is 1.38 bits per heavy atom. The molecule has 0 aliphatic rings. The van der Waals surface area contributed by atoms with Gasteiger partial charge in [-0.15, -0.1) is 0 Å². The number of hydrogen-bond donors (Lipinski definition) is 1. The average molecular weight is 133 g/mol. The molecule has 50 valence electrons. The molecule has 8 heavy (non-hydrogen) atoms. The minimum Gasteiger partial charge on any atom is -0.306 e. The summed E-state index contributed by atoms with van der Waals surface area (Å²) in [6.45, 7) is 4.49. The largest absolute Gasteiger partial charge is 0.306 e. The number of thiol groups is 1. The molecule has 0 aromatic carbocycles. The lowest BCUT2D eigenvalue weighted by atomic mass is 10.4. The van der Waals surface area contributed by atoms with Gasteiger partial charge in [0.1, 0.15) is 0 Å². The molecule has 0 aliphatic heterocycles. The minimum absolute atomic E-state index is 0.969. The molecule has 0 spiro atoms. The van der Waals surface area contributed by atoms with Crippen molar-refractivity contribution < 1.29 is 0 Å². The van der Waals surface area contributed by atoms with E-state index in [2.05, 4.69) is 31.5 Å². The molecule has 0 N–H and O–H groups in total. The molecule has 0 aliphatic carbocycles. The first kappa shape index (κ1) is 8.31. The highest BCUT2D eigenvalue weighted by molar-refractivity contribution is 7.80. The van der Waals surface area contributed by atoms with E-state index in [4.69, 9.17) is 0 Å². The third-order valence-corrected chi connectivity index (χ3v) is 1.29. The Hall–Kier alpha value is 0.310. The highest BCUT2D eigenvalue weighted by Gasteiger charge is 1.90. The highest BCUT2D eigenvalue weighted by atomic mass is 32.1. The summed E-state index contributed by atoms with van der Waals surface area (Å²) in [5.41, 5.74) is 0. The summed E-state index contributed by atoms with van der Waals surface area (Å²) in [5.74, 6) is 0.969. The predicted octanol–water partition coefficient (Wildman–Crippen LogP) is 1.26. The van der Waals surface area contributed by atoms with Crippen molar-refractivity contribution in [1.82, 2.24) is 4.90 Å². The van der Waals surface area contributed by atoms with Gasteiger partial charge in [-0.1, -0.05) is 6.92 Å². The van der Waals surface area contributed by atoms with Crippen molar-refractivity contribution in [3.63, 3.8) is 0 Å². The van der Waals surface area contributed by atoms with E-state index in [1.54, 1.807) is 0 Å². The minimum atomic E-state index is 0.969. The first-order valence-corrected chi connectivity index (χ1v) is 3.74. The Bertz CT molecular complexity index is 41.8. The molecule has 0 saturated heterocycles. The topological polar surface area (TPSA) is 3.24 Å². The maximum Gasteiger partial charge on any atom is 0.00668 e. The van der Waals surface area contributed by atoms with Crippen LogP contribution in [0.15, 0.2) is 0 Å². The quantitative estimate of drug-likeness (QED) is 0.565. The lowest BCUT2D eigenvalue weighted by Crippen LogP contribution is -2.21. The van der Waals surface area contributed by atoms with Crippen LogP contribution in [-0.4, -0.2) is 30.8 Å². The maximum absolute atomic E-state index is 4.11. The predicted molar refractivity (Wildman–Crippen MR) is 41.6 cm³/mol. The molecule has 0 radical (unpaired) electrons. The zero-order valence-corrected chi connectivity index (χ0v) is 6.62. The van der Waals surface area contributed by atoms with Crippen LogP contribution in [0.25, 0.3) is 0 Å². The van der Waals surface area contributed by atoms with Gasteiger partial charge in [0.2, 0.25) is 0 Å². The average Bonchev–Trinajstić information content (AvgIpc) is 1.68. The lowest BCUT2D eigenvalue weighted by Gasteiger charge is -2.12. The summed E-state index contributed by atoms with van der Waals surface area (Å²) in [6, 6.07) is 0. The van der Waals surface area contributed by atoms with Gasteiger partial charge in [-0.05, 0) is 20.0 Å². The Balaban J connectivity index is 2.92. The number of nitrogens with zero attached hydrogens (tertiary/aromatic N) is 1. The smallest absolute Gasteiger partial charge is 0.00668 e. The normalized spacial score (nSPS) is 10.5. The van der Waals surface area contributed by atoms with Crippen LogP contribution < -0.4 is 0 Å². The van der Waals surface area contributed by atoms with Crippen molar-refractivity contribution in [1.29, 1.82) is 0 Å². The lowest BCUT2D eigenvalue weighted by molar-refractivity contribution is 0.357. The summed E-state index contributed by atoms with van der Waals surface area (Å²) in [4.78, 5) is 2.28. The standard InChI is InChI=1S/C6H15NS/c1-3-4-7(2)5-6-8/h8H,3-6H2,1-2H3. The van der Waals surface area contributed by atoms with Crippen molar-refractivity contribution in [3.05, 3.63) is 0 Å². The van der Waals surface area contributed by atoms with Crippen molar-refractivity contribution in [2.45, 2.75) is 13.3 Å². The Labute approximate surface area is 57.5 Å². The summed E-state index contributed by atoms with van der Waals surface area (Å²) < 4.78 is 0. The number of rotatable bonds is 4. The molecule has 2 heteroatoms. The van der Waals surface area contributed by atoms with E-state index in [-0.39, 0.29) is 0 Å². The van der Waals surface area contributed by atoms with Crippen molar-refractivity contribution in [3.8, 4) is 0 Å². The zero-order chi connectivity index (χ0) is 6.41. The first-order valence-electron chi connectivity index (χ1n) is 3.10. The van der Waals surface area contributed by atoms with Crippen molar-refractivity contribution in [2.24, 2.45) is 0 Å². The van der Waals surface area contributed by atoms with Crippen molar-refractivity contribution in [2.75, 3.05) is 25.9 Å². The van der Waals surface area contributed by atoms with Crippen LogP contribution in [0.5, 0.6) is 0 Å². The molecular formula is C6H15NS. The van der Waals surface area contributed by atoms with Crippen LogP contribution >= 0.6 is 12.6 Å². The van der Waals surface area contributed by atoms with Crippen LogP contribution in [-0.2, 0) is 0 Å². The van der Waals surface area contributed by atoms with Gasteiger partial charge in [0.05, 0.1) is 0 Å². The maximum atomic E-state index is 4.11. The summed E-state index contributed by atoms with van der Waals surface area (Å²) in [7, 11) is 2.12. The molecule has 0 aromatic heterocycles. The summed E-state index contributed by atoms with van der Waals surface area (Å²) >= 11 is 4.11. The fraction of sp³-hybridized carbons (Fsp3) is 1.00. The summed E-state index contributed by atoms with van der Waals surface area (Å²) in [5, 5.41) is 0. The number of hydrogen-bond acceptors (Lipinski definition) is 2. The molecule has 0 atom stereocenters. The van der Waals surface area contributed by atoms with Crippen molar-refractivity contribution >= 4 is 12.6 Å². The summed E-state index contributed by atoms with van der Waals surface area (Å²) in [6.07, 6.45) is 1.24. The fourth-order valence-electron chi connectivity index (χ4n) is 0.664. The molecule has 0 heterocycles. The van der Waals surface area contributed by atoms with E-state index in [1.807, 2.05) is 0 Å². The second-order valence-electron chi connectivity index (χ2n) is 2.03. The second kappa shape index (κ2) is 5.45. The Kier molecular flexibility index (Phi) is 5.66. The van der Waals surface area contributed by atoms with Gasteiger partial charge in [-0.3, -0.25) is 0 Å². The van der Waals surface area contributed by atoms with E-state index < -0.39 is 0 Å². The van der Waals surface area contributed by atoms with E-state index in [9.17, 15) is 0 Å². The van der Waals surface area contributed by atoms with E-state index in [0.29, 0.717) is 0 Å². The van der Waals surface area contributed by atoms with E-state index >= 15 is 0 Å². The van der Waals surface area contributed by atoms with Crippen LogP contribution in [0.4, 0.5) is 0 Å². The van der Waals surface area contributed by atoms with Gasteiger partial charge < -0.3 is 4.90 Å². The second-order valence-corrected chi connectivity index (χ2v) is 2.47. The highest BCUT2D eigenvalue weighted by Crippen LogP contribution is 1.85. The van der Waals surface area contributed by atoms with Crippen LogP contribution in [0.2, 0.25) is 0 Å². The third-order valence-electron chi connectivity index (χ3n) is 1.09. The molecule has 0 unspecified atom stereocenters. The van der Waals surface area contributed by atoms with Crippen LogP contribution in [0.1, 0.15) is 13.3 Å². The van der Waals surface area contributed by atoms with Gasteiger partial charge in [-0.2, -0.15) is 12.6 Å². The molecule has 0 rings (SSSR count). The third kappa shape index (κ3) is 4.47. The van der Waals surface area contributed by atoms with Gasteiger partial charge >= 0.3 is 0 Å². The Morgan fingerprint density at radius 3 is 2.38 bits per heavy atom. The zero-order valence-electron chi connectivity index (χ0n) is 5.72. The van der Waals surface area contributed by atoms with Crippen LogP contribution in [0.3, 0.4) is 0 Å². The van der Waals surface area contributed by atoms with Crippen LogP contribution in [0, 0.1) is 0 Å². The molecule has 0 saturated carbocycles.